The molecule has 22 heavy (non-hydrogen) atoms. The van der Waals surface area contributed by atoms with Crippen LogP contribution in [0.3, 0.4) is 0 Å². The molecule has 0 spiro atoms. The Hall–Kier alpha value is -3.35. The zero-order chi connectivity index (χ0) is 16.1. The number of nitro benzene ring substituents is 1. The Morgan fingerprint density at radius 2 is 1.73 bits per heavy atom. The summed E-state index contributed by atoms with van der Waals surface area (Å²) in [5.41, 5.74) is 13.7. The molecule has 2 aromatic carbocycles. The number of nitro groups is 1. The summed E-state index contributed by atoms with van der Waals surface area (Å²) >= 11 is 0. The molecule has 0 aliphatic carbocycles. The van der Waals surface area contributed by atoms with Gasteiger partial charge in [0, 0.05) is 35.3 Å². The predicted molar refractivity (Wildman–Crippen MR) is 87.4 cm³/mol. The number of rotatable bonds is 4. The average Bonchev–Trinajstić information content (AvgIpc) is 2.46. The topological polar surface area (TPSA) is 131 Å². The third-order valence-electron chi connectivity index (χ3n) is 2.87. The second-order valence-electron chi connectivity index (χ2n) is 4.59. The van der Waals surface area contributed by atoms with Crippen LogP contribution in [0.15, 0.2) is 48.7 Å². The SMILES string of the molecule is N=C(N/C=C/c1ccc([N+](=O)[O-])cc1)c1cc(N)cc(N)c1. The van der Waals surface area contributed by atoms with Crippen molar-refractivity contribution >= 4 is 29.0 Å². The van der Waals surface area contributed by atoms with Crippen LogP contribution in [-0.4, -0.2) is 10.8 Å². The van der Waals surface area contributed by atoms with Gasteiger partial charge in [0.25, 0.3) is 5.69 Å². The first-order valence-electron chi connectivity index (χ1n) is 6.38. The lowest BCUT2D eigenvalue weighted by atomic mass is 10.1. The van der Waals surface area contributed by atoms with E-state index in [1.54, 1.807) is 42.6 Å². The third-order valence-corrected chi connectivity index (χ3v) is 2.87. The van der Waals surface area contributed by atoms with Gasteiger partial charge in [-0.2, -0.15) is 0 Å². The van der Waals surface area contributed by atoms with E-state index in [0.717, 1.165) is 5.56 Å². The molecular weight excluding hydrogens is 282 g/mol. The van der Waals surface area contributed by atoms with Gasteiger partial charge in [-0.25, -0.2) is 0 Å². The highest BCUT2D eigenvalue weighted by molar-refractivity contribution is 5.98. The Morgan fingerprint density at radius 3 is 2.27 bits per heavy atom. The monoisotopic (exact) mass is 297 g/mol. The van der Waals surface area contributed by atoms with E-state index in [2.05, 4.69) is 5.32 Å². The summed E-state index contributed by atoms with van der Waals surface area (Å²) in [7, 11) is 0. The summed E-state index contributed by atoms with van der Waals surface area (Å²) in [6.45, 7) is 0. The Kier molecular flexibility index (Phi) is 4.38. The molecule has 0 saturated heterocycles. The van der Waals surface area contributed by atoms with Crippen LogP contribution in [0.1, 0.15) is 11.1 Å². The Balaban J connectivity index is 2.02. The van der Waals surface area contributed by atoms with Crippen molar-refractivity contribution < 1.29 is 4.92 Å². The Bertz CT molecular complexity index is 718. The van der Waals surface area contributed by atoms with Crippen LogP contribution < -0.4 is 16.8 Å². The quantitative estimate of drug-likeness (QED) is 0.226. The fourth-order valence-electron chi connectivity index (χ4n) is 1.83. The number of anilines is 2. The first-order valence-corrected chi connectivity index (χ1v) is 6.38. The lowest BCUT2D eigenvalue weighted by Crippen LogP contribution is -2.17. The number of non-ortho nitro benzene ring substituents is 1. The van der Waals surface area contributed by atoms with E-state index in [1.165, 1.54) is 12.1 Å². The zero-order valence-corrected chi connectivity index (χ0v) is 11.6. The van der Waals surface area contributed by atoms with Crippen LogP contribution in [0.2, 0.25) is 0 Å². The number of hydrogen-bond donors (Lipinski definition) is 4. The molecule has 2 rings (SSSR count). The van der Waals surface area contributed by atoms with Gasteiger partial charge in [0.2, 0.25) is 0 Å². The normalized spacial score (nSPS) is 10.5. The number of nitrogens with zero attached hydrogens (tertiary/aromatic N) is 1. The van der Waals surface area contributed by atoms with Gasteiger partial charge in [0.05, 0.1) is 4.92 Å². The molecule has 0 fully saturated rings. The summed E-state index contributed by atoms with van der Waals surface area (Å²) < 4.78 is 0. The van der Waals surface area contributed by atoms with Gasteiger partial charge in [-0.1, -0.05) is 0 Å². The van der Waals surface area contributed by atoms with E-state index in [0.29, 0.717) is 16.9 Å². The van der Waals surface area contributed by atoms with E-state index in [-0.39, 0.29) is 11.5 Å². The van der Waals surface area contributed by atoms with Crippen molar-refractivity contribution in [2.24, 2.45) is 0 Å². The summed E-state index contributed by atoms with van der Waals surface area (Å²) in [6.07, 6.45) is 3.27. The smallest absolute Gasteiger partial charge is 0.269 e. The van der Waals surface area contributed by atoms with Gasteiger partial charge in [0.15, 0.2) is 0 Å². The predicted octanol–water partition coefficient (Wildman–Crippen LogP) is 2.35. The van der Waals surface area contributed by atoms with Gasteiger partial charge in [-0.05, 0) is 42.0 Å². The highest BCUT2D eigenvalue weighted by Gasteiger charge is 2.03. The van der Waals surface area contributed by atoms with Crippen LogP contribution in [0, 0.1) is 15.5 Å². The van der Waals surface area contributed by atoms with Crippen molar-refractivity contribution in [1.82, 2.24) is 5.32 Å². The summed E-state index contributed by atoms with van der Waals surface area (Å²) in [4.78, 5) is 10.1. The van der Waals surface area contributed by atoms with E-state index < -0.39 is 4.92 Å². The molecule has 0 unspecified atom stereocenters. The number of nitrogens with one attached hydrogen (secondary N) is 2. The summed E-state index contributed by atoms with van der Waals surface area (Å²) in [6, 6.07) is 11.0. The molecule has 0 radical (unpaired) electrons. The van der Waals surface area contributed by atoms with Crippen LogP contribution in [0.5, 0.6) is 0 Å². The molecule has 0 heterocycles. The highest BCUT2D eigenvalue weighted by atomic mass is 16.6. The van der Waals surface area contributed by atoms with Gasteiger partial charge in [-0.15, -0.1) is 0 Å². The fraction of sp³-hybridized carbons (Fsp3) is 0. The molecule has 0 aromatic heterocycles. The summed E-state index contributed by atoms with van der Waals surface area (Å²) in [5.74, 6) is 0.150. The maximum atomic E-state index is 10.6. The number of benzene rings is 2. The minimum Gasteiger partial charge on any atom is -0.399 e. The Morgan fingerprint density at radius 1 is 1.14 bits per heavy atom. The number of nitrogen functional groups attached to an aromatic ring is 2. The molecule has 0 saturated carbocycles. The van der Waals surface area contributed by atoms with E-state index in [4.69, 9.17) is 16.9 Å². The van der Waals surface area contributed by atoms with Gasteiger partial charge in [-0.3, -0.25) is 15.5 Å². The van der Waals surface area contributed by atoms with Crippen molar-refractivity contribution in [1.29, 1.82) is 5.41 Å². The van der Waals surface area contributed by atoms with Gasteiger partial charge >= 0.3 is 0 Å². The average molecular weight is 297 g/mol. The number of hydrogen-bond acceptors (Lipinski definition) is 5. The lowest BCUT2D eigenvalue weighted by molar-refractivity contribution is -0.384. The summed E-state index contributed by atoms with van der Waals surface area (Å²) in [5, 5.41) is 21.3. The van der Waals surface area contributed by atoms with Crippen LogP contribution in [0.25, 0.3) is 6.08 Å². The molecule has 0 atom stereocenters. The van der Waals surface area contributed by atoms with E-state index in [9.17, 15) is 10.1 Å². The minimum absolute atomic E-state index is 0.0353. The highest BCUT2D eigenvalue weighted by Crippen LogP contribution is 2.14. The molecule has 0 aliphatic rings. The number of nitrogens with two attached hydrogens (primary N) is 2. The molecule has 2 aromatic rings. The van der Waals surface area contributed by atoms with E-state index >= 15 is 0 Å². The maximum Gasteiger partial charge on any atom is 0.269 e. The molecule has 7 nitrogen and oxygen atoms in total. The van der Waals surface area contributed by atoms with E-state index in [1.807, 2.05) is 0 Å². The van der Waals surface area contributed by atoms with Crippen molar-refractivity contribution in [3.8, 4) is 0 Å². The number of amidine groups is 1. The third kappa shape index (κ3) is 3.83. The minimum atomic E-state index is -0.453. The maximum absolute atomic E-state index is 10.6. The molecule has 112 valence electrons. The molecule has 0 amide bonds. The van der Waals surface area contributed by atoms with Crippen molar-refractivity contribution in [2.45, 2.75) is 0 Å². The van der Waals surface area contributed by atoms with Crippen molar-refractivity contribution in [3.63, 3.8) is 0 Å². The van der Waals surface area contributed by atoms with Crippen LogP contribution in [0.4, 0.5) is 17.1 Å². The largest absolute Gasteiger partial charge is 0.399 e. The van der Waals surface area contributed by atoms with Gasteiger partial charge in [0.1, 0.15) is 5.84 Å². The zero-order valence-electron chi connectivity index (χ0n) is 11.6. The molecular formula is C15H15N5O2. The lowest BCUT2D eigenvalue weighted by Gasteiger charge is -2.06. The van der Waals surface area contributed by atoms with Crippen LogP contribution >= 0.6 is 0 Å². The molecule has 7 heteroatoms. The second-order valence-corrected chi connectivity index (χ2v) is 4.59. The molecule has 0 bridgehead atoms. The van der Waals surface area contributed by atoms with Crippen molar-refractivity contribution in [2.75, 3.05) is 11.5 Å². The molecule has 6 N–H and O–H groups in total. The first-order chi connectivity index (χ1) is 10.5. The fourth-order valence-corrected chi connectivity index (χ4v) is 1.83. The second kappa shape index (κ2) is 6.40. The van der Waals surface area contributed by atoms with Gasteiger partial charge < -0.3 is 16.8 Å². The van der Waals surface area contributed by atoms with Crippen LogP contribution in [-0.2, 0) is 0 Å². The van der Waals surface area contributed by atoms with Crippen molar-refractivity contribution in [3.05, 3.63) is 69.9 Å². The Labute approximate surface area is 126 Å². The first kappa shape index (κ1) is 15.0. The molecule has 0 aliphatic heterocycles. The standard InChI is InChI=1S/C15H15N5O2/c16-12-7-11(8-13(17)9-12)15(18)19-6-5-10-1-3-14(4-2-10)20(21)22/h1-9H,16-17H2,(H2,18,19)/b6-5+.